The summed E-state index contributed by atoms with van der Waals surface area (Å²) in [6.07, 6.45) is -3.57. The highest BCUT2D eigenvalue weighted by Gasteiger charge is 2.34. The Morgan fingerprint density at radius 1 is 1.00 bits per heavy atom. The van der Waals surface area contributed by atoms with Gasteiger partial charge < -0.3 is 4.74 Å². The Hall–Kier alpha value is -2.22. The SMILES string of the molecule is CCCc1cc2ccc(-c3cc(F)c(OC(F)(F)F)c(F)c3)c(F)c2s1. The van der Waals surface area contributed by atoms with Gasteiger partial charge in [-0.2, -0.15) is 0 Å². The first kappa shape index (κ1) is 18.6. The molecule has 0 spiro atoms. The normalized spacial score (nSPS) is 12.0. The van der Waals surface area contributed by atoms with E-state index in [1.807, 2.05) is 13.0 Å². The van der Waals surface area contributed by atoms with E-state index in [1.54, 1.807) is 6.07 Å². The molecule has 0 radical (unpaired) electrons. The number of thiophene rings is 1. The van der Waals surface area contributed by atoms with Gasteiger partial charge in [0.1, 0.15) is 5.82 Å². The summed E-state index contributed by atoms with van der Waals surface area (Å²) >= 11 is 1.24. The quantitative estimate of drug-likeness (QED) is 0.443. The third-order valence-electron chi connectivity index (χ3n) is 3.70. The van der Waals surface area contributed by atoms with Crippen LogP contribution in [0.15, 0.2) is 30.3 Å². The fourth-order valence-electron chi connectivity index (χ4n) is 2.64. The number of hydrogen-bond acceptors (Lipinski definition) is 2. The van der Waals surface area contributed by atoms with Crippen LogP contribution in [0.4, 0.5) is 26.3 Å². The minimum absolute atomic E-state index is 0.0984. The Morgan fingerprint density at radius 2 is 1.65 bits per heavy atom. The van der Waals surface area contributed by atoms with Crippen LogP contribution in [0.2, 0.25) is 0 Å². The largest absolute Gasteiger partial charge is 0.573 e. The smallest absolute Gasteiger partial charge is 0.399 e. The lowest BCUT2D eigenvalue weighted by Crippen LogP contribution is -2.19. The first-order valence-electron chi connectivity index (χ1n) is 7.65. The summed E-state index contributed by atoms with van der Waals surface area (Å²) < 4.78 is 82.9. The van der Waals surface area contributed by atoms with Crippen LogP contribution in [0, 0.1) is 17.5 Å². The molecule has 0 unspecified atom stereocenters. The van der Waals surface area contributed by atoms with Gasteiger partial charge in [-0.3, -0.25) is 0 Å². The van der Waals surface area contributed by atoms with Crippen molar-refractivity contribution in [1.29, 1.82) is 0 Å². The van der Waals surface area contributed by atoms with E-state index < -0.39 is 29.6 Å². The maximum absolute atomic E-state index is 14.8. The number of rotatable bonds is 4. The highest BCUT2D eigenvalue weighted by Crippen LogP contribution is 2.37. The first-order chi connectivity index (χ1) is 12.2. The summed E-state index contributed by atoms with van der Waals surface area (Å²) in [6, 6.07) is 6.04. The number of halogens is 6. The molecule has 0 aliphatic carbocycles. The standard InChI is InChI=1S/C18H12F6OS/c1-2-3-11-6-9-4-5-12(15(21)17(9)26-11)10-7-13(19)16(14(20)8-10)25-18(22,23)24/h4-8H,2-3H2,1H3. The molecular formula is C18H12F6OS. The van der Waals surface area contributed by atoms with Crippen molar-refractivity contribution in [1.82, 2.24) is 0 Å². The van der Waals surface area contributed by atoms with Gasteiger partial charge in [0.15, 0.2) is 11.6 Å². The lowest BCUT2D eigenvalue weighted by Gasteiger charge is -2.12. The van der Waals surface area contributed by atoms with Crippen molar-refractivity contribution in [3.8, 4) is 16.9 Å². The van der Waals surface area contributed by atoms with Crippen molar-refractivity contribution in [3.63, 3.8) is 0 Å². The molecule has 0 saturated carbocycles. The van der Waals surface area contributed by atoms with E-state index in [0.29, 0.717) is 22.2 Å². The summed E-state index contributed by atoms with van der Waals surface area (Å²) in [7, 11) is 0. The Labute approximate surface area is 148 Å². The number of alkyl halides is 3. The van der Waals surface area contributed by atoms with E-state index >= 15 is 0 Å². The predicted octanol–water partition coefficient (Wildman–Crippen LogP) is 6.84. The van der Waals surface area contributed by atoms with Crippen LogP contribution in [0.5, 0.6) is 5.75 Å². The van der Waals surface area contributed by atoms with E-state index in [1.165, 1.54) is 17.4 Å². The molecule has 0 aliphatic heterocycles. The molecule has 0 bridgehead atoms. The van der Waals surface area contributed by atoms with Crippen LogP contribution in [-0.2, 0) is 6.42 Å². The Balaban J connectivity index is 2.07. The van der Waals surface area contributed by atoms with Gasteiger partial charge in [0.05, 0.1) is 4.70 Å². The fourth-order valence-corrected chi connectivity index (χ4v) is 3.84. The average molecular weight is 390 g/mol. The molecule has 3 rings (SSSR count). The summed E-state index contributed by atoms with van der Waals surface area (Å²) in [5.74, 6) is -5.36. The van der Waals surface area contributed by atoms with Gasteiger partial charge in [0.2, 0.25) is 5.75 Å². The van der Waals surface area contributed by atoms with Crippen molar-refractivity contribution < 1.29 is 31.1 Å². The molecule has 26 heavy (non-hydrogen) atoms. The summed E-state index contributed by atoms with van der Waals surface area (Å²) in [5.41, 5.74) is -0.307. The predicted molar refractivity (Wildman–Crippen MR) is 87.8 cm³/mol. The Kier molecular flexibility index (Phi) is 4.88. The molecule has 2 aromatic carbocycles. The molecule has 0 fully saturated rings. The third-order valence-corrected chi connectivity index (χ3v) is 4.90. The minimum atomic E-state index is -5.24. The van der Waals surface area contributed by atoms with Crippen molar-refractivity contribution in [2.75, 3.05) is 0 Å². The number of benzene rings is 2. The molecule has 1 aromatic heterocycles. The van der Waals surface area contributed by atoms with E-state index in [0.717, 1.165) is 17.7 Å². The van der Waals surface area contributed by atoms with E-state index in [4.69, 9.17) is 0 Å². The number of fused-ring (bicyclic) bond motifs is 1. The Bertz CT molecular complexity index is 937. The van der Waals surface area contributed by atoms with Crippen LogP contribution in [0.25, 0.3) is 21.2 Å². The fraction of sp³-hybridized carbons (Fsp3) is 0.222. The molecule has 0 aliphatic rings. The molecule has 1 nitrogen and oxygen atoms in total. The molecule has 138 valence electrons. The Morgan fingerprint density at radius 3 is 2.23 bits per heavy atom. The summed E-state index contributed by atoms with van der Waals surface area (Å²) in [6.45, 7) is 1.99. The number of hydrogen-bond donors (Lipinski definition) is 0. The molecule has 1 heterocycles. The third kappa shape index (κ3) is 3.65. The van der Waals surface area contributed by atoms with Crippen molar-refractivity contribution >= 4 is 21.4 Å². The molecule has 0 saturated heterocycles. The second kappa shape index (κ2) is 6.83. The van der Waals surface area contributed by atoms with Crippen LogP contribution < -0.4 is 4.74 Å². The van der Waals surface area contributed by atoms with E-state index in [2.05, 4.69) is 4.74 Å². The van der Waals surface area contributed by atoms with Crippen molar-refractivity contribution in [3.05, 3.63) is 52.7 Å². The zero-order valence-electron chi connectivity index (χ0n) is 13.4. The van der Waals surface area contributed by atoms with Crippen LogP contribution in [-0.4, -0.2) is 6.36 Å². The van der Waals surface area contributed by atoms with E-state index in [9.17, 15) is 26.3 Å². The highest BCUT2D eigenvalue weighted by atomic mass is 32.1. The van der Waals surface area contributed by atoms with Gasteiger partial charge in [-0.15, -0.1) is 24.5 Å². The highest BCUT2D eigenvalue weighted by molar-refractivity contribution is 7.19. The molecular weight excluding hydrogens is 378 g/mol. The van der Waals surface area contributed by atoms with Gasteiger partial charge >= 0.3 is 6.36 Å². The van der Waals surface area contributed by atoms with E-state index in [-0.39, 0.29) is 11.1 Å². The molecule has 0 atom stereocenters. The first-order valence-corrected chi connectivity index (χ1v) is 8.47. The molecule has 0 amide bonds. The zero-order valence-corrected chi connectivity index (χ0v) is 14.2. The zero-order chi connectivity index (χ0) is 19.1. The van der Waals surface area contributed by atoms with Crippen LogP contribution in [0.1, 0.15) is 18.2 Å². The summed E-state index contributed by atoms with van der Waals surface area (Å²) in [4.78, 5) is 0.977. The molecule has 8 heteroatoms. The maximum atomic E-state index is 14.8. The lowest BCUT2D eigenvalue weighted by molar-refractivity contribution is -0.276. The maximum Gasteiger partial charge on any atom is 0.573 e. The lowest BCUT2D eigenvalue weighted by atomic mass is 10.0. The van der Waals surface area contributed by atoms with Gasteiger partial charge in [-0.1, -0.05) is 25.5 Å². The van der Waals surface area contributed by atoms with Gasteiger partial charge in [0.25, 0.3) is 0 Å². The van der Waals surface area contributed by atoms with Crippen LogP contribution in [0.3, 0.4) is 0 Å². The molecule has 0 N–H and O–H groups in total. The summed E-state index contributed by atoms with van der Waals surface area (Å²) in [5, 5.41) is 0.665. The molecule has 3 aromatic rings. The van der Waals surface area contributed by atoms with Crippen LogP contribution >= 0.6 is 11.3 Å². The second-order valence-electron chi connectivity index (χ2n) is 5.62. The second-order valence-corrected chi connectivity index (χ2v) is 6.76. The minimum Gasteiger partial charge on any atom is -0.399 e. The monoisotopic (exact) mass is 390 g/mol. The van der Waals surface area contributed by atoms with Gasteiger partial charge in [-0.25, -0.2) is 13.2 Å². The van der Waals surface area contributed by atoms with Gasteiger partial charge in [0, 0.05) is 10.4 Å². The van der Waals surface area contributed by atoms with Crippen molar-refractivity contribution in [2.24, 2.45) is 0 Å². The number of aryl methyl sites for hydroxylation is 1. The van der Waals surface area contributed by atoms with Gasteiger partial charge in [-0.05, 0) is 35.6 Å². The number of ether oxygens (including phenoxy) is 1. The average Bonchev–Trinajstić information content (AvgIpc) is 2.94. The van der Waals surface area contributed by atoms with Crippen molar-refractivity contribution in [2.45, 2.75) is 26.1 Å². The topological polar surface area (TPSA) is 9.23 Å².